The van der Waals surface area contributed by atoms with Crippen LogP contribution in [0.5, 0.6) is 0 Å². The standard InChI is InChI=1S/C19H17BrN2O3/c1-11-7-12(2)18-14(10-25-16(18)8-11)9-17(23)21-22-19(24)13-3-5-15(20)6-4-13/h3-8,10H,9H2,1-2H3,(H,21,23)(H,22,24). The second kappa shape index (κ2) is 7.11. The average Bonchev–Trinajstić information content (AvgIpc) is 2.96. The number of hydrogen-bond donors (Lipinski definition) is 2. The van der Waals surface area contributed by atoms with Crippen LogP contribution in [0.25, 0.3) is 11.0 Å². The fraction of sp³-hybridized carbons (Fsp3) is 0.158. The van der Waals surface area contributed by atoms with Gasteiger partial charge in [0.2, 0.25) is 5.91 Å². The Hall–Kier alpha value is -2.60. The number of aryl methyl sites for hydroxylation is 2. The second-order valence-electron chi connectivity index (χ2n) is 5.90. The Morgan fingerprint density at radius 3 is 2.52 bits per heavy atom. The van der Waals surface area contributed by atoms with Gasteiger partial charge in [0, 0.05) is 21.0 Å². The van der Waals surface area contributed by atoms with Gasteiger partial charge in [0.15, 0.2) is 0 Å². The summed E-state index contributed by atoms with van der Waals surface area (Å²) >= 11 is 3.31. The molecule has 0 aliphatic carbocycles. The van der Waals surface area contributed by atoms with Gasteiger partial charge in [0.1, 0.15) is 5.58 Å². The summed E-state index contributed by atoms with van der Waals surface area (Å²) in [5.74, 6) is -0.683. The zero-order valence-electron chi connectivity index (χ0n) is 13.9. The van der Waals surface area contributed by atoms with Gasteiger partial charge in [-0.15, -0.1) is 0 Å². The van der Waals surface area contributed by atoms with Crippen molar-refractivity contribution in [3.05, 3.63) is 69.4 Å². The highest BCUT2D eigenvalue weighted by Gasteiger charge is 2.14. The van der Waals surface area contributed by atoms with Crippen LogP contribution in [0.2, 0.25) is 0 Å². The van der Waals surface area contributed by atoms with Crippen LogP contribution < -0.4 is 10.9 Å². The molecule has 5 nitrogen and oxygen atoms in total. The first-order valence-electron chi connectivity index (χ1n) is 7.76. The third-order valence-electron chi connectivity index (χ3n) is 3.87. The van der Waals surface area contributed by atoms with Crippen molar-refractivity contribution in [3.8, 4) is 0 Å². The molecule has 1 heterocycles. The summed E-state index contributed by atoms with van der Waals surface area (Å²) in [6, 6.07) is 10.9. The first-order chi connectivity index (χ1) is 11.9. The molecule has 0 radical (unpaired) electrons. The van der Waals surface area contributed by atoms with Crippen LogP contribution >= 0.6 is 15.9 Å². The van der Waals surface area contributed by atoms with Gasteiger partial charge in [0.25, 0.3) is 5.91 Å². The predicted octanol–water partition coefficient (Wildman–Crippen LogP) is 3.82. The van der Waals surface area contributed by atoms with Crippen molar-refractivity contribution < 1.29 is 14.0 Å². The van der Waals surface area contributed by atoms with Gasteiger partial charge in [-0.05, 0) is 55.3 Å². The SMILES string of the molecule is Cc1cc(C)c2c(CC(=O)NNC(=O)c3ccc(Br)cc3)coc2c1. The van der Waals surface area contributed by atoms with Gasteiger partial charge in [-0.25, -0.2) is 0 Å². The van der Waals surface area contributed by atoms with Crippen LogP contribution in [-0.2, 0) is 11.2 Å². The molecule has 2 aromatic carbocycles. The van der Waals surface area contributed by atoms with Crippen LogP contribution in [0.3, 0.4) is 0 Å². The van der Waals surface area contributed by atoms with E-state index in [9.17, 15) is 9.59 Å². The molecule has 0 unspecified atom stereocenters. The van der Waals surface area contributed by atoms with Crippen molar-refractivity contribution >= 4 is 38.7 Å². The van der Waals surface area contributed by atoms with E-state index in [1.165, 1.54) is 0 Å². The van der Waals surface area contributed by atoms with Crippen molar-refractivity contribution in [2.24, 2.45) is 0 Å². The fourth-order valence-corrected chi connectivity index (χ4v) is 3.04. The maximum atomic E-state index is 12.1. The molecule has 3 rings (SSSR count). The van der Waals surface area contributed by atoms with Crippen molar-refractivity contribution in [2.45, 2.75) is 20.3 Å². The topological polar surface area (TPSA) is 71.3 Å². The summed E-state index contributed by atoms with van der Waals surface area (Å²) in [5.41, 5.74) is 9.04. The smallest absolute Gasteiger partial charge is 0.269 e. The van der Waals surface area contributed by atoms with Gasteiger partial charge in [-0.1, -0.05) is 22.0 Å². The molecule has 2 N–H and O–H groups in total. The lowest BCUT2D eigenvalue weighted by Crippen LogP contribution is -2.42. The van der Waals surface area contributed by atoms with E-state index >= 15 is 0 Å². The van der Waals surface area contributed by atoms with E-state index in [1.54, 1.807) is 30.5 Å². The van der Waals surface area contributed by atoms with E-state index in [2.05, 4.69) is 32.8 Å². The number of furan rings is 1. The number of amides is 2. The Morgan fingerprint density at radius 2 is 1.80 bits per heavy atom. The normalized spacial score (nSPS) is 10.7. The third kappa shape index (κ3) is 3.91. The molecule has 128 valence electrons. The lowest BCUT2D eigenvalue weighted by atomic mass is 10.0. The Morgan fingerprint density at radius 1 is 1.08 bits per heavy atom. The predicted molar refractivity (Wildman–Crippen MR) is 99.1 cm³/mol. The number of fused-ring (bicyclic) bond motifs is 1. The summed E-state index contributed by atoms with van der Waals surface area (Å²) < 4.78 is 6.43. The van der Waals surface area contributed by atoms with Crippen LogP contribution in [0.4, 0.5) is 0 Å². The summed E-state index contributed by atoms with van der Waals surface area (Å²) in [7, 11) is 0. The number of benzene rings is 2. The van der Waals surface area contributed by atoms with Crippen LogP contribution in [0.15, 0.2) is 51.6 Å². The zero-order valence-corrected chi connectivity index (χ0v) is 15.4. The summed E-state index contributed by atoms with van der Waals surface area (Å²) in [4.78, 5) is 24.2. The molecule has 0 saturated carbocycles. The Kier molecular flexibility index (Phi) is 4.90. The van der Waals surface area contributed by atoms with E-state index < -0.39 is 0 Å². The average molecular weight is 401 g/mol. The summed E-state index contributed by atoms with van der Waals surface area (Å²) in [6.07, 6.45) is 1.71. The molecule has 2 amide bonds. The van der Waals surface area contributed by atoms with Gasteiger partial charge in [0.05, 0.1) is 12.7 Å². The Bertz CT molecular complexity index is 945. The molecule has 0 aliphatic heterocycles. The van der Waals surface area contributed by atoms with Crippen LogP contribution in [0.1, 0.15) is 27.0 Å². The minimum atomic E-state index is -0.371. The zero-order chi connectivity index (χ0) is 18.0. The number of nitrogens with one attached hydrogen (secondary N) is 2. The number of hydrazine groups is 1. The highest BCUT2D eigenvalue weighted by Crippen LogP contribution is 2.26. The first kappa shape index (κ1) is 17.2. The summed E-state index contributed by atoms with van der Waals surface area (Å²) in [5, 5.41) is 0.944. The number of carbonyl (C=O) groups excluding carboxylic acids is 2. The van der Waals surface area contributed by atoms with Gasteiger partial charge in [-0.2, -0.15) is 0 Å². The number of halogens is 1. The van der Waals surface area contributed by atoms with Crippen molar-refractivity contribution in [3.63, 3.8) is 0 Å². The minimum Gasteiger partial charge on any atom is -0.464 e. The molecular formula is C19H17BrN2O3. The first-order valence-corrected chi connectivity index (χ1v) is 8.55. The molecule has 0 bridgehead atoms. The third-order valence-corrected chi connectivity index (χ3v) is 4.39. The van der Waals surface area contributed by atoms with E-state index in [-0.39, 0.29) is 18.2 Å². The molecule has 0 saturated heterocycles. The number of rotatable bonds is 3. The lowest BCUT2D eigenvalue weighted by molar-refractivity contribution is -0.121. The molecule has 0 aliphatic rings. The van der Waals surface area contributed by atoms with Crippen LogP contribution in [0, 0.1) is 13.8 Å². The molecule has 1 aromatic heterocycles. The second-order valence-corrected chi connectivity index (χ2v) is 6.82. The van der Waals surface area contributed by atoms with E-state index in [0.29, 0.717) is 5.56 Å². The van der Waals surface area contributed by atoms with Gasteiger partial charge >= 0.3 is 0 Å². The molecule has 0 spiro atoms. The minimum absolute atomic E-state index is 0.123. The fourth-order valence-electron chi connectivity index (χ4n) is 2.77. The van der Waals surface area contributed by atoms with Gasteiger partial charge < -0.3 is 4.42 Å². The molecule has 6 heteroatoms. The quantitative estimate of drug-likeness (QED) is 0.656. The van der Waals surface area contributed by atoms with Crippen molar-refractivity contribution in [2.75, 3.05) is 0 Å². The monoisotopic (exact) mass is 400 g/mol. The maximum Gasteiger partial charge on any atom is 0.269 e. The summed E-state index contributed by atoms with van der Waals surface area (Å²) in [6.45, 7) is 3.99. The number of carbonyl (C=O) groups is 2. The van der Waals surface area contributed by atoms with E-state index in [0.717, 1.165) is 32.1 Å². The molecule has 0 fully saturated rings. The molecular weight excluding hydrogens is 384 g/mol. The van der Waals surface area contributed by atoms with E-state index in [4.69, 9.17) is 4.42 Å². The highest BCUT2D eigenvalue weighted by molar-refractivity contribution is 9.10. The molecule has 25 heavy (non-hydrogen) atoms. The highest BCUT2D eigenvalue weighted by atomic mass is 79.9. The lowest BCUT2D eigenvalue weighted by Gasteiger charge is -2.07. The van der Waals surface area contributed by atoms with Gasteiger partial charge in [-0.3, -0.25) is 20.4 Å². The molecule has 3 aromatic rings. The van der Waals surface area contributed by atoms with Crippen molar-refractivity contribution in [1.82, 2.24) is 10.9 Å². The number of hydrogen-bond acceptors (Lipinski definition) is 3. The largest absolute Gasteiger partial charge is 0.464 e. The Balaban J connectivity index is 1.65. The molecule has 0 atom stereocenters. The van der Waals surface area contributed by atoms with Crippen molar-refractivity contribution in [1.29, 1.82) is 0 Å². The maximum absolute atomic E-state index is 12.1. The van der Waals surface area contributed by atoms with Crippen LogP contribution in [-0.4, -0.2) is 11.8 Å². The Labute approximate surface area is 153 Å². The van der Waals surface area contributed by atoms with E-state index in [1.807, 2.05) is 19.9 Å².